The maximum atomic E-state index is 11.6. The van der Waals surface area contributed by atoms with Crippen LogP contribution in [-0.2, 0) is 4.57 Å². The molecule has 0 aliphatic heterocycles. The van der Waals surface area contributed by atoms with Crippen molar-refractivity contribution < 1.29 is 13.7 Å². The molecule has 0 unspecified atom stereocenters. The fraction of sp³-hybridized carbons (Fsp3) is 0.188. The van der Waals surface area contributed by atoms with Gasteiger partial charge >= 0.3 is 0 Å². The molecule has 0 N–H and O–H groups in total. The smallest absolute Gasteiger partial charge is 0.227 e. The van der Waals surface area contributed by atoms with Gasteiger partial charge in [0.05, 0.1) is 0 Å². The molecule has 0 aliphatic rings. The standard InChI is InChI=1S/C16H16NO3P/c1-21(2,18)11-19-13-9-7-12(8-10-13)16-17-14-5-3-4-6-15(14)20-16/h3-10H,11H2,1-2H3. The number of nitrogens with zero attached hydrogens (tertiary/aromatic N) is 1. The van der Waals surface area contributed by atoms with Gasteiger partial charge in [0.1, 0.15) is 24.8 Å². The van der Waals surface area contributed by atoms with Crippen LogP contribution in [0.4, 0.5) is 0 Å². The zero-order valence-electron chi connectivity index (χ0n) is 11.9. The Morgan fingerprint density at radius 1 is 1.10 bits per heavy atom. The third-order valence-corrected chi connectivity index (χ3v) is 3.69. The van der Waals surface area contributed by atoms with Gasteiger partial charge < -0.3 is 13.7 Å². The first-order valence-corrected chi connectivity index (χ1v) is 9.43. The van der Waals surface area contributed by atoms with E-state index in [0.717, 1.165) is 16.7 Å². The summed E-state index contributed by atoms with van der Waals surface area (Å²) in [5, 5.41) is 0. The summed E-state index contributed by atoms with van der Waals surface area (Å²) in [6.45, 7) is 3.42. The van der Waals surface area contributed by atoms with Crippen LogP contribution >= 0.6 is 7.14 Å². The van der Waals surface area contributed by atoms with Crippen molar-refractivity contribution in [3.63, 3.8) is 0 Å². The van der Waals surface area contributed by atoms with Gasteiger partial charge in [-0.15, -0.1) is 0 Å². The molecule has 1 aromatic heterocycles. The Morgan fingerprint density at radius 3 is 2.48 bits per heavy atom. The number of aromatic nitrogens is 1. The second kappa shape index (κ2) is 5.38. The van der Waals surface area contributed by atoms with Crippen LogP contribution in [-0.4, -0.2) is 24.7 Å². The summed E-state index contributed by atoms with van der Waals surface area (Å²) in [5.74, 6) is 1.28. The molecule has 108 valence electrons. The molecular weight excluding hydrogens is 285 g/mol. The van der Waals surface area contributed by atoms with Crippen LogP contribution in [0.5, 0.6) is 5.75 Å². The Morgan fingerprint density at radius 2 is 1.81 bits per heavy atom. The SMILES string of the molecule is CP(C)(=O)COc1ccc(-c2nc3ccccc3o2)cc1. The highest BCUT2D eigenvalue weighted by Crippen LogP contribution is 2.36. The summed E-state index contributed by atoms with van der Waals surface area (Å²) in [5.41, 5.74) is 2.49. The van der Waals surface area contributed by atoms with E-state index in [0.29, 0.717) is 11.6 Å². The Bertz CT molecular complexity index is 769. The lowest BCUT2D eigenvalue weighted by atomic mass is 10.2. The van der Waals surface area contributed by atoms with Crippen molar-refractivity contribution in [2.75, 3.05) is 19.7 Å². The van der Waals surface area contributed by atoms with Crippen LogP contribution in [0.2, 0.25) is 0 Å². The van der Waals surface area contributed by atoms with Crippen molar-refractivity contribution in [1.29, 1.82) is 0 Å². The summed E-state index contributed by atoms with van der Waals surface area (Å²) in [7, 11) is -2.17. The van der Waals surface area contributed by atoms with Crippen molar-refractivity contribution >= 4 is 18.2 Å². The van der Waals surface area contributed by atoms with Crippen LogP contribution < -0.4 is 4.74 Å². The van der Waals surface area contributed by atoms with Gasteiger partial charge in [-0.2, -0.15) is 0 Å². The number of para-hydroxylation sites is 2. The molecule has 0 bridgehead atoms. The van der Waals surface area contributed by atoms with Crippen LogP contribution in [0.25, 0.3) is 22.6 Å². The van der Waals surface area contributed by atoms with Crippen LogP contribution in [0.1, 0.15) is 0 Å². The van der Waals surface area contributed by atoms with Gasteiger partial charge in [-0.1, -0.05) is 12.1 Å². The number of hydrogen-bond acceptors (Lipinski definition) is 4. The summed E-state index contributed by atoms with van der Waals surface area (Å²) in [4.78, 5) is 4.45. The molecule has 1 heterocycles. The van der Waals surface area contributed by atoms with E-state index < -0.39 is 7.14 Å². The molecule has 21 heavy (non-hydrogen) atoms. The van der Waals surface area contributed by atoms with Gasteiger partial charge in [-0.3, -0.25) is 0 Å². The van der Waals surface area contributed by atoms with E-state index in [9.17, 15) is 4.57 Å². The van der Waals surface area contributed by atoms with E-state index >= 15 is 0 Å². The lowest BCUT2D eigenvalue weighted by Gasteiger charge is -2.09. The summed E-state index contributed by atoms with van der Waals surface area (Å²) < 4.78 is 22.8. The minimum Gasteiger partial charge on any atom is -0.486 e. The second-order valence-corrected chi connectivity index (χ2v) is 8.76. The maximum Gasteiger partial charge on any atom is 0.227 e. The summed E-state index contributed by atoms with van der Waals surface area (Å²) in [6, 6.07) is 15.1. The van der Waals surface area contributed by atoms with Crippen molar-refractivity contribution in [1.82, 2.24) is 4.98 Å². The first-order valence-electron chi connectivity index (χ1n) is 6.64. The third kappa shape index (κ3) is 3.34. The summed E-state index contributed by atoms with van der Waals surface area (Å²) >= 11 is 0. The van der Waals surface area contributed by atoms with Crippen molar-refractivity contribution in [2.24, 2.45) is 0 Å². The molecule has 0 atom stereocenters. The largest absolute Gasteiger partial charge is 0.486 e. The Hall–Kier alpha value is -2.06. The summed E-state index contributed by atoms with van der Waals surface area (Å²) in [6.07, 6.45) is 0.245. The van der Waals surface area contributed by atoms with Gasteiger partial charge in [-0.25, -0.2) is 4.98 Å². The van der Waals surface area contributed by atoms with Crippen LogP contribution in [0, 0.1) is 0 Å². The molecule has 0 spiro atoms. The van der Waals surface area contributed by atoms with E-state index in [1.165, 1.54) is 0 Å². The molecule has 2 aromatic carbocycles. The molecule has 5 heteroatoms. The molecule has 0 saturated heterocycles. The lowest BCUT2D eigenvalue weighted by Crippen LogP contribution is -1.96. The highest BCUT2D eigenvalue weighted by molar-refractivity contribution is 7.62. The zero-order chi connectivity index (χ0) is 14.9. The maximum absolute atomic E-state index is 11.6. The van der Waals surface area contributed by atoms with E-state index in [1.807, 2.05) is 48.5 Å². The van der Waals surface area contributed by atoms with Crippen LogP contribution in [0.3, 0.4) is 0 Å². The van der Waals surface area contributed by atoms with E-state index in [1.54, 1.807) is 13.3 Å². The average Bonchev–Trinajstić information content (AvgIpc) is 2.89. The third-order valence-electron chi connectivity index (χ3n) is 2.94. The fourth-order valence-electron chi connectivity index (χ4n) is 1.92. The predicted molar refractivity (Wildman–Crippen MR) is 84.4 cm³/mol. The monoisotopic (exact) mass is 301 g/mol. The van der Waals surface area contributed by atoms with Gasteiger partial charge in [0.25, 0.3) is 0 Å². The minimum atomic E-state index is -2.17. The van der Waals surface area contributed by atoms with Crippen molar-refractivity contribution in [3.05, 3.63) is 48.5 Å². The number of ether oxygens (including phenoxy) is 1. The molecular formula is C16H16NO3P. The van der Waals surface area contributed by atoms with Crippen molar-refractivity contribution in [2.45, 2.75) is 0 Å². The Labute approximate surface area is 123 Å². The molecule has 4 nitrogen and oxygen atoms in total. The molecule has 0 saturated carbocycles. The van der Waals surface area contributed by atoms with Gasteiger partial charge in [0.2, 0.25) is 5.89 Å². The topological polar surface area (TPSA) is 52.3 Å². The highest BCUT2D eigenvalue weighted by Gasteiger charge is 2.10. The van der Waals surface area contributed by atoms with E-state index in [-0.39, 0.29) is 6.35 Å². The van der Waals surface area contributed by atoms with Gasteiger partial charge in [0.15, 0.2) is 5.58 Å². The van der Waals surface area contributed by atoms with Gasteiger partial charge in [0, 0.05) is 5.56 Å². The number of rotatable bonds is 4. The Balaban J connectivity index is 1.82. The number of fused-ring (bicyclic) bond motifs is 1. The second-order valence-electron chi connectivity index (χ2n) is 5.36. The van der Waals surface area contributed by atoms with Crippen molar-refractivity contribution in [3.8, 4) is 17.2 Å². The normalized spacial score (nSPS) is 11.7. The molecule has 0 fully saturated rings. The molecule has 3 aromatic rings. The minimum absolute atomic E-state index is 0.245. The van der Waals surface area contributed by atoms with E-state index in [4.69, 9.17) is 9.15 Å². The number of oxazole rings is 1. The molecule has 0 radical (unpaired) electrons. The predicted octanol–water partition coefficient (Wildman–Crippen LogP) is 4.45. The average molecular weight is 301 g/mol. The first kappa shape index (κ1) is 13.9. The molecule has 0 aliphatic carbocycles. The van der Waals surface area contributed by atoms with Gasteiger partial charge in [-0.05, 0) is 49.7 Å². The van der Waals surface area contributed by atoms with Crippen LogP contribution in [0.15, 0.2) is 52.9 Å². The number of hydrogen-bond donors (Lipinski definition) is 0. The Kier molecular flexibility index (Phi) is 3.56. The number of benzene rings is 2. The quantitative estimate of drug-likeness (QED) is 0.668. The van der Waals surface area contributed by atoms with E-state index in [2.05, 4.69) is 4.98 Å². The first-order chi connectivity index (χ1) is 10.0. The molecule has 3 rings (SSSR count). The highest BCUT2D eigenvalue weighted by atomic mass is 31.2. The molecule has 0 amide bonds. The lowest BCUT2D eigenvalue weighted by molar-refractivity contribution is 0.378. The fourth-order valence-corrected chi connectivity index (χ4v) is 2.38. The zero-order valence-corrected chi connectivity index (χ0v) is 12.8.